The number of amides is 2. The van der Waals surface area contributed by atoms with E-state index in [9.17, 15) is 9.59 Å². The Morgan fingerprint density at radius 1 is 1.10 bits per heavy atom. The highest BCUT2D eigenvalue weighted by Crippen LogP contribution is 2.22. The van der Waals surface area contributed by atoms with Crippen molar-refractivity contribution in [1.29, 1.82) is 0 Å². The molecule has 3 rings (SSSR count). The molecule has 0 unspecified atom stereocenters. The van der Waals surface area contributed by atoms with Gasteiger partial charge in [-0.2, -0.15) is 0 Å². The number of nitrogens with one attached hydrogen (secondary N) is 1. The average molecular weight is 413 g/mol. The zero-order valence-corrected chi connectivity index (χ0v) is 17.2. The number of carbonyl (C=O) groups is 2. The molecule has 0 radical (unpaired) electrons. The first kappa shape index (κ1) is 20.9. The molecule has 1 aliphatic rings. The van der Waals surface area contributed by atoms with Gasteiger partial charge in [0.1, 0.15) is 0 Å². The van der Waals surface area contributed by atoms with Gasteiger partial charge in [-0.15, -0.1) is 0 Å². The normalized spacial score (nSPS) is 15.1. The van der Waals surface area contributed by atoms with Crippen LogP contribution in [0.15, 0.2) is 54.6 Å². The number of piperidine rings is 1. The molecule has 0 saturated carbocycles. The molecule has 0 aromatic heterocycles. The summed E-state index contributed by atoms with van der Waals surface area (Å²) < 4.78 is 5.05. The van der Waals surface area contributed by atoms with E-state index >= 15 is 0 Å². The summed E-state index contributed by atoms with van der Waals surface area (Å²) in [6.07, 6.45) is 2.99. The van der Waals surface area contributed by atoms with Crippen LogP contribution >= 0.6 is 11.6 Å². The van der Waals surface area contributed by atoms with E-state index in [1.807, 2.05) is 48.5 Å². The van der Waals surface area contributed by atoms with Gasteiger partial charge in [0.2, 0.25) is 0 Å². The number of hydrogen-bond acceptors (Lipinski definition) is 3. The van der Waals surface area contributed by atoms with Crippen molar-refractivity contribution in [2.45, 2.75) is 25.8 Å². The molecule has 1 fully saturated rings. The Morgan fingerprint density at radius 2 is 1.76 bits per heavy atom. The molecule has 2 aromatic rings. The SMILES string of the molecule is CCOC(=O)N1CCC(NC(=O)C(=Cc2ccccc2)c2ccc(Cl)cc2)CC1. The molecule has 1 saturated heterocycles. The third kappa shape index (κ3) is 5.84. The number of halogens is 1. The lowest BCUT2D eigenvalue weighted by atomic mass is 10.00. The summed E-state index contributed by atoms with van der Waals surface area (Å²) in [5.41, 5.74) is 2.34. The number of hydrogen-bond donors (Lipinski definition) is 1. The van der Waals surface area contributed by atoms with Crippen LogP contribution in [-0.2, 0) is 9.53 Å². The Balaban J connectivity index is 1.72. The maximum atomic E-state index is 13.1. The van der Waals surface area contributed by atoms with Gasteiger partial charge in [-0.3, -0.25) is 4.79 Å². The summed E-state index contributed by atoms with van der Waals surface area (Å²) in [5, 5.41) is 3.75. The molecule has 2 aromatic carbocycles. The van der Waals surface area contributed by atoms with Crippen LogP contribution in [0.1, 0.15) is 30.9 Å². The molecular weight excluding hydrogens is 388 g/mol. The molecule has 2 amide bonds. The molecule has 5 nitrogen and oxygen atoms in total. The van der Waals surface area contributed by atoms with Crippen LogP contribution in [0, 0.1) is 0 Å². The van der Waals surface area contributed by atoms with E-state index in [1.54, 1.807) is 24.0 Å². The van der Waals surface area contributed by atoms with E-state index in [2.05, 4.69) is 5.32 Å². The van der Waals surface area contributed by atoms with Crippen molar-refractivity contribution in [2.75, 3.05) is 19.7 Å². The Bertz CT molecular complexity index is 857. The summed E-state index contributed by atoms with van der Waals surface area (Å²) in [7, 11) is 0. The third-order valence-electron chi connectivity index (χ3n) is 4.87. The monoisotopic (exact) mass is 412 g/mol. The van der Waals surface area contributed by atoms with Gasteiger partial charge in [0.05, 0.1) is 6.61 Å². The highest BCUT2D eigenvalue weighted by molar-refractivity contribution is 6.31. The fraction of sp³-hybridized carbons (Fsp3) is 0.304. The van der Waals surface area contributed by atoms with Crippen molar-refractivity contribution in [3.05, 3.63) is 70.7 Å². The molecular formula is C23H25ClN2O3. The predicted octanol–water partition coefficient (Wildman–Crippen LogP) is 4.62. The van der Waals surface area contributed by atoms with Gasteiger partial charge < -0.3 is 15.0 Å². The summed E-state index contributed by atoms with van der Waals surface area (Å²) in [6, 6.07) is 17.0. The van der Waals surface area contributed by atoms with Crippen LogP contribution in [0.25, 0.3) is 11.6 Å². The van der Waals surface area contributed by atoms with Crippen molar-refractivity contribution < 1.29 is 14.3 Å². The van der Waals surface area contributed by atoms with E-state index in [-0.39, 0.29) is 18.0 Å². The first-order chi connectivity index (χ1) is 14.1. The first-order valence-corrected chi connectivity index (χ1v) is 10.2. The quantitative estimate of drug-likeness (QED) is 0.576. The van der Waals surface area contributed by atoms with Crippen LogP contribution in [0.3, 0.4) is 0 Å². The summed E-state index contributed by atoms with van der Waals surface area (Å²) in [6.45, 7) is 3.30. The van der Waals surface area contributed by atoms with E-state index in [0.29, 0.717) is 43.1 Å². The van der Waals surface area contributed by atoms with Gasteiger partial charge in [-0.1, -0.05) is 54.1 Å². The van der Waals surface area contributed by atoms with Crippen LogP contribution < -0.4 is 5.32 Å². The van der Waals surface area contributed by atoms with Gasteiger partial charge >= 0.3 is 6.09 Å². The number of rotatable bonds is 5. The van der Waals surface area contributed by atoms with Gasteiger partial charge in [0.15, 0.2) is 0 Å². The summed E-state index contributed by atoms with van der Waals surface area (Å²) in [4.78, 5) is 26.6. The first-order valence-electron chi connectivity index (χ1n) is 9.82. The molecule has 0 atom stereocenters. The zero-order chi connectivity index (χ0) is 20.6. The second-order valence-corrected chi connectivity index (χ2v) is 7.35. The molecule has 1 heterocycles. The summed E-state index contributed by atoms with van der Waals surface area (Å²) in [5.74, 6) is -0.134. The Hall–Kier alpha value is -2.79. The van der Waals surface area contributed by atoms with Crippen LogP contribution in [0.4, 0.5) is 4.79 Å². The number of benzene rings is 2. The summed E-state index contributed by atoms with van der Waals surface area (Å²) >= 11 is 6.01. The number of likely N-dealkylation sites (tertiary alicyclic amines) is 1. The number of carbonyl (C=O) groups excluding carboxylic acids is 2. The lowest BCUT2D eigenvalue weighted by Gasteiger charge is -2.31. The van der Waals surface area contributed by atoms with Gasteiger partial charge in [0.25, 0.3) is 5.91 Å². The molecule has 152 valence electrons. The van der Waals surface area contributed by atoms with Crippen LogP contribution in [0.5, 0.6) is 0 Å². The van der Waals surface area contributed by atoms with E-state index in [0.717, 1.165) is 11.1 Å². The van der Waals surface area contributed by atoms with Crippen molar-refractivity contribution in [2.24, 2.45) is 0 Å². The van der Waals surface area contributed by atoms with Crippen molar-refractivity contribution >= 4 is 35.3 Å². The van der Waals surface area contributed by atoms with Crippen molar-refractivity contribution in [1.82, 2.24) is 10.2 Å². The van der Waals surface area contributed by atoms with Crippen LogP contribution in [0.2, 0.25) is 5.02 Å². The van der Waals surface area contributed by atoms with E-state index in [1.165, 1.54) is 0 Å². The highest BCUT2D eigenvalue weighted by atomic mass is 35.5. The smallest absolute Gasteiger partial charge is 0.409 e. The third-order valence-corrected chi connectivity index (χ3v) is 5.12. The molecule has 1 aliphatic heterocycles. The second-order valence-electron chi connectivity index (χ2n) is 6.91. The average Bonchev–Trinajstić information content (AvgIpc) is 2.74. The zero-order valence-electron chi connectivity index (χ0n) is 16.4. The van der Waals surface area contributed by atoms with Crippen LogP contribution in [-0.4, -0.2) is 42.6 Å². The largest absolute Gasteiger partial charge is 0.450 e. The van der Waals surface area contributed by atoms with E-state index < -0.39 is 0 Å². The second kappa shape index (κ2) is 10.1. The van der Waals surface area contributed by atoms with Crippen molar-refractivity contribution in [3.63, 3.8) is 0 Å². The standard InChI is InChI=1S/C23H25ClN2O3/c1-2-29-23(28)26-14-12-20(13-15-26)25-22(27)21(16-17-6-4-3-5-7-17)18-8-10-19(24)11-9-18/h3-11,16,20H,2,12-15H2,1H3,(H,25,27). The Labute approximate surface area is 176 Å². The minimum Gasteiger partial charge on any atom is -0.450 e. The maximum absolute atomic E-state index is 13.1. The molecule has 6 heteroatoms. The minimum atomic E-state index is -0.289. The lowest BCUT2D eigenvalue weighted by molar-refractivity contribution is -0.116. The molecule has 0 spiro atoms. The fourth-order valence-electron chi connectivity index (χ4n) is 3.31. The number of nitrogens with zero attached hydrogens (tertiary/aromatic N) is 1. The predicted molar refractivity (Wildman–Crippen MR) is 116 cm³/mol. The fourth-order valence-corrected chi connectivity index (χ4v) is 3.44. The Kier molecular flexibility index (Phi) is 7.30. The van der Waals surface area contributed by atoms with Gasteiger partial charge in [0, 0.05) is 29.7 Å². The highest BCUT2D eigenvalue weighted by Gasteiger charge is 2.25. The van der Waals surface area contributed by atoms with E-state index in [4.69, 9.17) is 16.3 Å². The lowest BCUT2D eigenvalue weighted by Crippen LogP contribution is -2.46. The topological polar surface area (TPSA) is 58.6 Å². The molecule has 0 bridgehead atoms. The minimum absolute atomic E-state index is 0.0136. The van der Waals surface area contributed by atoms with Gasteiger partial charge in [-0.25, -0.2) is 4.79 Å². The van der Waals surface area contributed by atoms with Crippen molar-refractivity contribution in [3.8, 4) is 0 Å². The number of ether oxygens (including phenoxy) is 1. The van der Waals surface area contributed by atoms with Gasteiger partial charge in [-0.05, 0) is 49.1 Å². The molecule has 0 aliphatic carbocycles. The molecule has 29 heavy (non-hydrogen) atoms. The Morgan fingerprint density at radius 3 is 2.38 bits per heavy atom. The molecule has 1 N–H and O–H groups in total. The maximum Gasteiger partial charge on any atom is 0.409 e.